The van der Waals surface area contributed by atoms with Gasteiger partial charge in [0.05, 0.1) is 12.1 Å². The smallest absolute Gasteiger partial charge is 0.230 e. The third-order valence-corrected chi connectivity index (χ3v) is 3.91. The molecule has 0 spiro atoms. The van der Waals surface area contributed by atoms with Gasteiger partial charge in [-0.25, -0.2) is 0 Å². The maximum absolute atomic E-state index is 12.2. The molecule has 0 saturated heterocycles. The van der Waals surface area contributed by atoms with Crippen molar-refractivity contribution in [3.05, 3.63) is 71.4 Å². The van der Waals surface area contributed by atoms with Crippen molar-refractivity contribution in [1.29, 1.82) is 0 Å². The Kier molecular flexibility index (Phi) is 4.75. The van der Waals surface area contributed by atoms with E-state index in [0.717, 1.165) is 23.2 Å². The molecule has 0 aliphatic carbocycles. The van der Waals surface area contributed by atoms with E-state index >= 15 is 0 Å². The summed E-state index contributed by atoms with van der Waals surface area (Å²) in [4.78, 5) is 12.2. The van der Waals surface area contributed by atoms with E-state index in [0.29, 0.717) is 11.5 Å². The lowest BCUT2D eigenvalue weighted by Gasteiger charge is -2.08. The van der Waals surface area contributed by atoms with E-state index in [9.17, 15) is 4.79 Å². The minimum absolute atomic E-state index is 0.0975. The number of benzene rings is 2. The summed E-state index contributed by atoms with van der Waals surface area (Å²) in [6.07, 6.45) is 1.06. The van der Waals surface area contributed by atoms with Crippen molar-refractivity contribution in [2.24, 2.45) is 0 Å². The average Bonchev–Trinajstić information content (AvgIpc) is 3.04. The number of amides is 1. The summed E-state index contributed by atoms with van der Waals surface area (Å²) in [7, 11) is 0. The number of rotatable bonds is 5. The number of hydrogen-bond acceptors (Lipinski definition) is 3. The maximum atomic E-state index is 12.2. The first-order valence-corrected chi connectivity index (χ1v) is 8.06. The zero-order chi connectivity index (χ0) is 16.9. The highest BCUT2D eigenvalue weighted by molar-refractivity contribution is 5.92. The zero-order valence-corrected chi connectivity index (χ0v) is 13.9. The molecular weight excluding hydrogens is 300 g/mol. The van der Waals surface area contributed by atoms with Gasteiger partial charge in [-0.2, -0.15) is 0 Å². The molecule has 4 nitrogen and oxygen atoms in total. The van der Waals surface area contributed by atoms with Crippen molar-refractivity contribution in [3.63, 3.8) is 0 Å². The van der Waals surface area contributed by atoms with Gasteiger partial charge in [-0.15, -0.1) is 0 Å². The summed E-state index contributed by atoms with van der Waals surface area (Å²) < 4.78 is 5.36. The fraction of sp³-hybridized carbons (Fsp3) is 0.200. The molecule has 1 heterocycles. The number of nitrogens with zero attached hydrogens (tertiary/aromatic N) is 1. The molecule has 3 rings (SSSR count). The Labute approximate surface area is 141 Å². The highest BCUT2D eigenvalue weighted by Gasteiger charge is 2.12. The number of hydrogen-bond donors (Lipinski definition) is 1. The van der Waals surface area contributed by atoms with Gasteiger partial charge in [0.25, 0.3) is 0 Å². The standard InChI is InChI=1S/C20H20N2O2/c1-3-15-6-4-5-7-18(15)21-20(23)13-17-12-19(24-22-17)16-10-8-14(2)9-11-16/h4-12H,3,13H2,1-2H3,(H,21,23). The Hall–Kier alpha value is -2.88. The Morgan fingerprint density at radius 3 is 2.62 bits per heavy atom. The van der Waals surface area contributed by atoms with E-state index in [1.54, 1.807) is 0 Å². The molecule has 1 N–H and O–H groups in total. The normalized spacial score (nSPS) is 10.6. The third-order valence-electron chi connectivity index (χ3n) is 3.91. The highest BCUT2D eigenvalue weighted by Crippen LogP contribution is 2.21. The lowest BCUT2D eigenvalue weighted by molar-refractivity contribution is -0.115. The Balaban J connectivity index is 1.68. The first-order chi connectivity index (χ1) is 11.7. The molecule has 0 bridgehead atoms. The quantitative estimate of drug-likeness (QED) is 0.758. The van der Waals surface area contributed by atoms with E-state index in [-0.39, 0.29) is 12.3 Å². The van der Waals surface area contributed by atoms with Crippen LogP contribution in [0.3, 0.4) is 0 Å². The van der Waals surface area contributed by atoms with E-state index in [4.69, 9.17) is 4.52 Å². The summed E-state index contributed by atoms with van der Waals surface area (Å²) in [5.74, 6) is 0.575. The van der Waals surface area contributed by atoms with Crippen LogP contribution in [-0.2, 0) is 17.6 Å². The summed E-state index contributed by atoms with van der Waals surface area (Å²) in [6.45, 7) is 4.10. The van der Waals surface area contributed by atoms with Gasteiger partial charge in [0.2, 0.25) is 5.91 Å². The van der Waals surface area contributed by atoms with E-state index in [1.165, 1.54) is 5.56 Å². The largest absolute Gasteiger partial charge is 0.356 e. The minimum Gasteiger partial charge on any atom is -0.356 e. The lowest BCUT2D eigenvalue weighted by Crippen LogP contribution is -2.15. The van der Waals surface area contributed by atoms with Gasteiger partial charge in [-0.3, -0.25) is 4.79 Å². The number of aromatic nitrogens is 1. The van der Waals surface area contributed by atoms with Crippen molar-refractivity contribution in [3.8, 4) is 11.3 Å². The molecule has 0 radical (unpaired) electrons. The Morgan fingerprint density at radius 1 is 1.12 bits per heavy atom. The number of para-hydroxylation sites is 1. The van der Waals surface area contributed by atoms with Crippen molar-refractivity contribution in [2.45, 2.75) is 26.7 Å². The number of nitrogens with one attached hydrogen (secondary N) is 1. The highest BCUT2D eigenvalue weighted by atomic mass is 16.5. The van der Waals surface area contributed by atoms with Crippen molar-refractivity contribution in [1.82, 2.24) is 5.16 Å². The van der Waals surface area contributed by atoms with Crippen LogP contribution in [0.2, 0.25) is 0 Å². The summed E-state index contributed by atoms with van der Waals surface area (Å²) in [6, 6.07) is 17.6. The fourth-order valence-electron chi connectivity index (χ4n) is 2.56. The molecule has 3 aromatic rings. The zero-order valence-electron chi connectivity index (χ0n) is 13.9. The van der Waals surface area contributed by atoms with Gasteiger partial charge >= 0.3 is 0 Å². The van der Waals surface area contributed by atoms with Crippen LogP contribution in [0.5, 0.6) is 0 Å². The SMILES string of the molecule is CCc1ccccc1NC(=O)Cc1cc(-c2ccc(C)cc2)on1. The first-order valence-electron chi connectivity index (χ1n) is 8.06. The van der Waals surface area contributed by atoms with Crippen molar-refractivity contribution < 1.29 is 9.32 Å². The molecule has 0 saturated carbocycles. The molecule has 4 heteroatoms. The van der Waals surface area contributed by atoms with Crippen LogP contribution in [-0.4, -0.2) is 11.1 Å². The van der Waals surface area contributed by atoms with Crippen LogP contribution < -0.4 is 5.32 Å². The second kappa shape index (κ2) is 7.13. The predicted octanol–water partition coefficient (Wildman–Crippen LogP) is 4.39. The van der Waals surface area contributed by atoms with Gasteiger partial charge in [0.15, 0.2) is 5.76 Å². The Morgan fingerprint density at radius 2 is 1.88 bits per heavy atom. The van der Waals surface area contributed by atoms with Crippen LogP contribution in [0, 0.1) is 6.92 Å². The monoisotopic (exact) mass is 320 g/mol. The van der Waals surface area contributed by atoms with Crippen LogP contribution in [0.4, 0.5) is 5.69 Å². The Bertz CT molecular complexity index is 835. The van der Waals surface area contributed by atoms with Gasteiger partial charge in [0, 0.05) is 17.3 Å². The number of carbonyl (C=O) groups excluding carboxylic acids is 1. The molecular formula is C20H20N2O2. The second-order valence-electron chi connectivity index (χ2n) is 5.78. The molecule has 1 amide bonds. The van der Waals surface area contributed by atoms with E-state index in [2.05, 4.69) is 17.4 Å². The number of anilines is 1. The topological polar surface area (TPSA) is 55.1 Å². The molecule has 2 aromatic carbocycles. The summed E-state index contributed by atoms with van der Waals surface area (Å²) in [5, 5.41) is 6.95. The summed E-state index contributed by atoms with van der Waals surface area (Å²) >= 11 is 0. The van der Waals surface area contributed by atoms with Crippen LogP contribution in [0.1, 0.15) is 23.7 Å². The third kappa shape index (κ3) is 3.71. The van der Waals surface area contributed by atoms with Crippen LogP contribution in [0.25, 0.3) is 11.3 Å². The first kappa shape index (κ1) is 16.0. The second-order valence-corrected chi connectivity index (χ2v) is 5.78. The molecule has 0 aliphatic rings. The lowest BCUT2D eigenvalue weighted by atomic mass is 10.1. The minimum atomic E-state index is -0.0975. The fourth-order valence-corrected chi connectivity index (χ4v) is 2.56. The molecule has 0 aliphatic heterocycles. The maximum Gasteiger partial charge on any atom is 0.230 e. The predicted molar refractivity (Wildman–Crippen MR) is 94.8 cm³/mol. The molecule has 1 aromatic heterocycles. The number of aryl methyl sites for hydroxylation is 2. The van der Waals surface area contributed by atoms with Gasteiger partial charge in [-0.05, 0) is 25.0 Å². The van der Waals surface area contributed by atoms with Crippen molar-refractivity contribution >= 4 is 11.6 Å². The number of carbonyl (C=O) groups is 1. The van der Waals surface area contributed by atoms with Gasteiger partial charge in [-0.1, -0.05) is 60.1 Å². The molecule has 122 valence electrons. The molecule has 0 fully saturated rings. The molecule has 24 heavy (non-hydrogen) atoms. The van der Waals surface area contributed by atoms with E-state index < -0.39 is 0 Å². The van der Waals surface area contributed by atoms with Gasteiger partial charge < -0.3 is 9.84 Å². The molecule has 0 unspecified atom stereocenters. The van der Waals surface area contributed by atoms with Crippen LogP contribution in [0.15, 0.2) is 59.1 Å². The van der Waals surface area contributed by atoms with E-state index in [1.807, 2.05) is 61.5 Å². The average molecular weight is 320 g/mol. The summed E-state index contributed by atoms with van der Waals surface area (Å²) in [5.41, 5.74) is 4.74. The van der Waals surface area contributed by atoms with Crippen LogP contribution >= 0.6 is 0 Å². The molecule has 0 atom stereocenters. The van der Waals surface area contributed by atoms with Gasteiger partial charge in [0.1, 0.15) is 0 Å². The van der Waals surface area contributed by atoms with Crippen molar-refractivity contribution in [2.75, 3.05) is 5.32 Å².